The number of rotatable bonds is 1. The molecule has 1 aromatic carbocycles. The fourth-order valence-corrected chi connectivity index (χ4v) is 2.64. The van der Waals surface area contributed by atoms with Gasteiger partial charge in [0.25, 0.3) is 0 Å². The third kappa shape index (κ3) is 2.09. The molecule has 1 aromatic rings. The molecule has 2 rings (SSSR count). The van der Waals surface area contributed by atoms with Gasteiger partial charge in [-0.25, -0.2) is 4.99 Å². The zero-order valence-electron chi connectivity index (χ0n) is 10.4. The van der Waals surface area contributed by atoms with Gasteiger partial charge in [-0.2, -0.15) is 0 Å². The van der Waals surface area contributed by atoms with Crippen molar-refractivity contribution in [3.8, 4) is 0 Å². The molecule has 17 heavy (non-hydrogen) atoms. The van der Waals surface area contributed by atoms with Crippen LogP contribution in [0.15, 0.2) is 40.5 Å². The largest absolute Gasteiger partial charge is 0.387 e. The quantitative estimate of drug-likeness (QED) is 0.808. The summed E-state index contributed by atoms with van der Waals surface area (Å²) >= 11 is 6.28. The number of hydrogen-bond acceptors (Lipinski definition) is 2. The molecule has 2 N–H and O–H groups in total. The fraction of sp³-hybridized carbons (Fsp3) is 0.357. The van der Waals surface area contributed by atoms with Gasteiger partial charge < -0.3 is 5.73 Å². The van der Waals surface area contributed by atoms with Gasteiger partial charge in [0.2, 0.25) is 0 Å². The standard InChI is InChI=1S/C14H17ClN2/c1-8-10(3)17-14(16)9(2)13(8)11-6-4-5-7-12(11)15/h4-7,9,13H,1-3H3,(H2,16,17). The summed E-state index contributed by atoms with van der Waals surface area (Å²) in [6.45, 7) is 6.20. The Bertz CT molecular complexity index is 503. The van der Waals surface area contributed by atoms with E-state index in [1.165, 1.54) is 5.57 Å². The highest BCUT2D eigenvalue weighted by Gasteiger charge is 2.29. The van der Waals surface area contributed by atoms with Crippen LogP contribution in [0.1, 0.15) is 32.3 Å². The van der Waals surface area contributed by atoms with Crippen molar-refractivity contribution in [3.63, 3.8) is 0 Å². The van der Waals surface area contributed by atoms with E-state index in [0.717, 1.165) is 16.3 Å². The Kier molecular flexibility index (Phi) is 3.25. The zero-order chi connectivity index (χ0) is 12.6. The van der Waals surface area contributed by atoms with Crippen molar-refractivity contribution in [2.24, 2.45) is 16.6 Å². The molecule has 0 aliphatic carbocycles. The third-order valence-corrected chi connectivity index (χ3v) is 3.89. The van der Waals surface area contributed by atoms with Crippen LogP contribution in [0.25, 0.3) is 0 Å². The summed E-state index contributed by atoms with van der Waals surface area (Å²) in [5.74, 6) is 1.12. The molecule has 0 radical (unpaired) electrons. The van der Waals surface area contributed by atoms with Crippen LogP contribution in [-0.2, 0) is 0 Å². The number of amidine groups is 1. The SMILES string of the molecule is CC1=C(C)C(c2ccccc2Cl)C(C)C(N)=N1. The molecule has 1 heterocycles. The summed E-state index contributed by atoms with van der Waals surface area (Å²) in [5.41, 5.74) is 9.37. The Morgan fingerprint density at radius 2 is 1.88 bits per heavy atom. The molecule has 0 bridgehead atoms. The Morgan fingerprint density at radius 3 is 2.53 bits per heavy atom. The smallest absolute Gasteiger partial charge is 0.103 e. The fourth-order valence-electron chi connectivity index (χ4n) is 2.38. The van der Waals surface area contributed by atoms with Crippen molar-refractivity contribution in [1.29, 1.82) is 0 Å². The van der Waals surface area contributed by atoms with Crippen molar-refractivity contribution < 1.29 is 0 Å². The maximum Gasteiger partial charge on any atom is 0.103 e. The molecular formula is C14H17ClN2. The minimum absolute atomic E-state index is 0.193. The van der Waals surface area contributed by atoms with Crippen LogP contribution in [0.4, 0.5) is 0 Å². The Hall–Kier alpha value is -1.28. The Labute approximate surface area is 107 Å². The van der Waals surface area contributed by atoms with Crippen LogP contribution >= 0.6 is 11.6 Å². The highest BCUT2D eigenvalue weighted by atomic mass is 35.5. The van der Waals surface area contributed by atoms with E-state index >= 15 is 0 Å². The number of nitrogens with zero attached hydrogens (tertiary/aromatic N) is 1. The maximum atomic E-state index is 6.28. The van der Waals surface area contributed by atoms with Gasteiger partial charge >= 0.3 is 0 Å². The zero-order valence-corrected chi connectivity index (χ0v) is 11.1. The minimum atomic E-state index is 0.193. The number of benzene rings is 1. The summed E-state index contributed by atoms with van der Waals surface area (Å²) in [6, 6.07) is 7.95. The molecule has 2 nitrogen and oxygen atoms in total. The first kappa shape index (κ1) is 12.2. The van der Waals surface area contributed by atoms with Crippen LogP contribution in [0.3, 0.4) is 0 Å². The highest BCUT2D eigenvalue weighted by Crippen LogP contribution is 2.39. The third-order valence-electron chi connectivity index (χ3n) is 3.54. The molecule has 1 aliphatic rings. The monoisotopic (exact) mass is 248 g/mol. The minimum Gasteiger partial charge on any atom is -0.387 e. The molecule has 0 aromatic heterocycles. The van der Waals surface area contributed by atoms with E-state index in [0.29, 0.717) is 5.84 Å². The van der Waals surface area contributed by atoms with Gasteiger partial charge in [0.1, 0.15) is 5.84 Å². The Balaban J connectivity index is 2.53. The van der Waals surface area contributed by atoms with E-state index in [-0.39, 0.29) is 11.8 Å². The lowest BCUT2D eigenvalue weighted by Gasteiger charge is -2.30. The van der Waals surface area contributed by atoms with Crippen LogP contribution in [0.5, 0.6) is 0 Å². The Morgan fingerprint density at radius 1 is 1.24 bits per heavy atom. The molecule has 0 fully saturated rings. The average molecular weight is 249 g/mol. The summed E-state index contributed by atoms with van der Waals surface area (Å²) < 4.78 is 0. The number of allylic oxidation sites excluding steroid dienone is 2. The molecule has 0 spiro atoms. The van der Waals surface area contributed by atoms with E-state index in [4.69, 9.17) is 17.3 Å². The van der Waals surface area contributed by atoms with Crippen molar-refractivity contribution in [1.82, 2.24) is 0 Å². The number of halogens is 1. The first-order valence-electron chi connectivity index (χ1n) is 5.78. The van der Waals surface area contributed by atoms with Gasteiger partial charge in [-0.05, 0) is 31.1 Å². The first-order chi connectivity index (χ1) is 8.02. The van der Waals surface area contributed by atoms with Gasteiger partial charge in [-0.1, -0.05) is 36.7 Å². The average Bonchev–Trinajstić information content (AvgIpc) is 2.29. The van der Waals surface area contributed by atoms with Crippen molar-refractivity contribution >= 4 is 17.4 Å². The topological polar surface area (TPSA) is 38.4 Å². The molecule has 0 saturated heterocycles. The maximum absolute atomic E-state index is 6.28. The molecule has 3 heteroatoms. The van der Waals surface area contributed by atoms with E-state index in [1.807, 2.05) is 25.1 Å². The van der Waals surface area contributed by atoms with Gasteiger partial charge in [0.15, 0.2) is 0 Å². The molecule has 90 valence electrons. The van der Waals surface area contributed by atoms with Crippen molar-refractivity contribution in [2.75, 3.05) is 0 Å². The molecule has 1 aliphatic heterocycles. The second-order valence-electron chi connectivity index (χ2n) is 4.59. The summed E-state index contributed by atoms with van der Waals surface area (Å²) in [4.78, 5) is 4.38. The second-order valence-corrected chi connectivity index (χ2v) is 5.00. The lowest BCUT2D eigenvalue weighted by Crippen LogP contribution is -2.30. The summed E-state index contributed by atoms with van der Waals surface area (Å²) in [5, 5.41) is 0.797. The van der Waals surface area contributed by atoms with Crippen LogP contribution < -0.4 is 5.73 Å². The lowest BCUT2D eigenvalue weighted by atomic mass is 9.79. The number of hydrogen-bond donors (Lipinski definition) is 1. The predicted octanol–water partition coefficient (Wildman–Crippen LogP) is 3.72. The van der Waals surface area contributed by atoms with Crippen LogP contribution in [-0.4, -0.2) is 5.84 Å². The van der Waals surface area contributed by atoms with Crippen molar-refractivity contribution in [2.45, 2.75) is 26.7 Å². The van der Waals surface area contributed by atoms with E-state index in [2.05, 4.69) is 24.9 Å². The van der Waals surface area contributed by atoms with Gasteiger partial charge in [0, 0.05) is 22.6 Å². The number of aliphatic imine (C=N–C) groups is 1. The van der Waals surface area contributed by atoms with Gasteiger partial charge in [-0.3, -0.25) is 0 Å². The molecule has 0 saturated carbocycles. The summed E-state index contributed by atoms with van der Waals surface area (Å²) in [6.07, 6.45) is 0. The second kappa shape index (κ2) is 4.53. The van der Waals surface area contributed by atoms with Crippen LogP contribution in [0.2, 0.25) is 5.02 Å². The van der Waals surface area contributed by atoms with E-state index in [9.17, 15) is 0 Å². The number of nitrogens with two attached hydrogens (primary N) is 1. The van der Waals surface area contributed by atoms with Crippen LogP contribution in [0, 0.1) is 5.92 Å². The van der Waals surface area contributed by atoms with E-state index < -0.39 is 0 Å². The molecule has 2 atom stereocenters. The normalized spacial score (nSPS) is 24.8. The highest BCUT2D eigenvalue weighted by molar-refractivity contribution is 6.31. The lowest BCUT2D eigenvalue weighted by molar-refractivity contribution is 0.621. The van der Waals surface area contributed by atoms with Gasteiger partial charge in [0.05, 0.1) is 0 Å². The summed E-state index contributed by atoms with van der Waals surface area (Å²) in [7, 11) is 0. The predicted molar refractivity (Wildman–Crippen MR) is 73.4 cm³/mol. The first-order valence-corrected chi connectivity index (χ1v) is 6.16. The molecule has 0 amide bonds. The molecule has 2 unspecified atom stereocenters. The van der Waals surface area contributed by atoms with Gasteiger partial charge in [-0.15, -0.1) is 0 Å². The van der Waals surface area contributed by atoms with E-state index in [1.54, 1.807) is 0 Å². The van der Waals surface area contributed by atoms with Crippen molar-refractivity contribution in [3.05, 3.63) is 46.1 Å². The molecular weight excluding hydrogens is 232 g/mol.